The van der Waals surface area contributed by atoms with Gasteiger partial charge < -0.3 is 10.4 Å². The van der Waals surface area contributed by atoms with Crippen molar-refractivity contribution < 1.29 is 14.7 Å². The molecule has 7 heteroatoms. The number of aryl methyl sites for hydroxylation is 1. The molecule has 0 aliphatic rings. The number of carboxylic acids is 1. The Bertz CT molecular complexity index is 677. The summed E-state index contributed by atoms with van der Waals surface area (Å²) >= 11 is 1.51. The van der Waals surface area contributed by atoms with Crippen molar-refractivity contribution in [2.24, 2.45) is 0 Å². The van der Waals surface area contributed by atoms with Crippen LogP contribution in [0.5, 0.6) is 0 Å². The third kappa shape index (κ3) is 4.81. The van der Waals surface area contributed by atoms with E-state index in [0.29, 0.717) is 11.4 Å². The van der Waals surface area contributed by atoms with Gasteiger partial charge in [0.1, 0.15) is 0 Å². The number of aromatic nitrogens is 2. The lowest BCUT2D eigenvalue weighted by molar-refractivity contribution is -0.136. The highest BCUT2D eigenvalue weighted by Gasteiger charge is 2.03. The molecule has 0 radical (unpaired) electrons. The fourth-order valence-corrected chi connectivity index (χ4v) is 2.14. The average molecular weight is 303 g/mol. The number of hydrogen-bond acceptors (Lipinski definition) is 5. The van der Waals surface area contributed by atoms with E-state index in [1.807, 2.05) is 12.3 Å². The number of carbonyl (C=O) groups is 2. The lowest BCUT2D eigenvalue weighted by Gasteiger charge is -2.02. The molecule has 0 saturated carbocycles. The third-order valence-electron chi connectivity index (χ3n) is 2.47. The molecule has 0 aromatic carbocycles. The molecule has 21 heavy (non-hydrogen) atoms. The Morgan fingerprint density at radius 2 is 2.24 bits per heavy atom. The molecule has 0 aliphatic carbocycles. The highest BCUT2D eigenvalue weighted by molar-refractivity contribution is 7.09. The Morgan fingerprint density at radius 1 is 1.43 bits per heavy atom. The van der Waals surface area contributed by atoms with Gasteiger partial charge in [0.2, 0.25) is 5.91 Å². The van der Waals surface area contributed by atoms with Crippen molar-refractivity contribution in [2.45, 2.75) is 13.3 Å². The maximum atomic E-state index is 11.7. The number of carboxylic acid groups (broad SMARTS) is 1. The number of aliphatic carboxylic acids is 1. The summed E-state index contributed by atoms with van der Waals surface area (Å²) in [4.78, 5) is 30.4. The molecule has 0 bridgehead atoms. The Kier molecular flexibility index (Phi) is 4.78. The van der Waals surface area contributed by atoms with Crippen LogP contribution in [0.2, 0.25) is 0 Å². The second kappa shape index (κ2) is 6.76. The van der Waals surface area contributed by atoms with Crippen LogP contribution in [0.1, 0.15) is 16.4 Å². The molecule has 0 fully saturated rings. The summed E-state index contributed by atoms with van der Waals surface area (Å²) in [7, 11) is 0. The van der Waals surface area contributed by atoms with Crippen molar-refractivity contribution in [3.05, 3.63) is 46.2 Å². The molecule has 2 heterocycles. The van der Waals surface area contributed by atoms with E-state index in [1.54, 1.807) is 18.2 Å². The minimum Gasteiger partial charge on any atom is -0.481 e. The van der Waals surface area contributed by atoms with E-state index in [9.17, 15) is 9.59 Å². The van der Waals surface area contributed by atoms with Crippen LogP contribution in [-0.2, 0) is 16.0 Å². The monoisotopic (exact) mass is 303 g/mol. The van der Waals surface area contributed by atoms with Crippen molar-refractivity contribution in [3.63, 3.8) is 0 Å². The Labute approximate surface area is 125 Å². The molecular formula is C14H13N3O3S. The second-order valence-corrected chi connectivity index (χ2v) is 5.28. The summed E-state index contributed by atoms with van der Waals surface area (Å²) in [6, 6.07) is 3.18. The lowest BCUT2D eigenvalue weighted by atomic mass is 10.2. The smallest absolute Gasteiger partial charge is 0.309 e. The van der Waals surface area contributed by atoms with Gasteiger partial charge in [0, 0.05) is 11.5 Å². The Hall–Kier alpha value is -2.54. The minimum atomic E-state index is -0.944. The molecule has 2 N–H and O–H groups in total. The number of rotatable bonds is 5. The van der Waals surface area contributed by atoms with Crippen LogP contribution in [0.3, 0.4) is 0 Å². The zero-order chi connectivity index (χ0) is 15.2. The van der Waals surface area contributed by atoms with Gasteiger partial charge in [0.05, 0.1) is 34.7 Å². The minimum absolute atomic E-state index is 0.142. The predicted molar refractivity (Wildman–Crippen MR) is 80.1 cm³/mol. The quantitative estimate of drug-likeness (QED) is 0.825. The van der Waals surface area contributed by atoms with Gasteiger partial charge in [-0.15, -0.1) is 11.3 Å². The third-order valence-corrected chi connectivity index (χ3v) is 3.26. The van der Waals surface area contributed by atoms with Gasteiger partial charge in [-0.05, 0) is 25.1 Å². The topological polar surface area (TPSA) is 92.2 Å². The number of nitrogens with one attached hydrogen (secondary N) is 1. The maximum absolute atomic E-state index is 11.7. The molecule has 0 saturated heterocycles. The molecule has 2 aromatic heterocycles. The molecule has 0 aliphatic heterocycles. The summed E-state index contributed by atoms with van der Waals surface area (Å²) in [5.74, 6) is -1.24. The molecule has 0 atom stereocenters. The van der Waals surface area contributed by atoms with Gasteiger partial charge in [0.15, 0.2) is 0 Å². The first kappa shape index (κ1) is 14.9. The maximum Gasteiger partial charge on any atom is 0.309 e. The zero-order valence-corrected chi connectivity index (χ0v) is 12.1. The Morgan fingerprint density at radius 3 is 2.81 bits per heavy atom. The fraction of sp³-hybridized carbons (Fsp3) is 0.143. The van der Waals surface area contributed by atoms with Crippen LogP contribution in [0.25, 0.3) is 6.08 Å². The number of carbonyl (C=O) groups excluding carboxylic acids is 1. The molecule has 6 nitrogen and oxygen atoms in total. The highest BCUT2D eigenvalue weighted by atomic mass is 32.1. The second-order valence-electron chi connectivity index (χ2n) is 4.22. The van der Waals surface area contributed by atoms with E-state index in [2.05, 4.69) is 15.3 Å². The molecule has 2 rings (SSSR count). The lowest BCUT2D eigenvalue weighted by Crippen LogP contribution is -2.09. The molecule has 108 valence electrons. The standard InChI is InChI=1S/C14H13N3O3S/c1-9-16-12(8-21-9)4-5-13(18)17-11-3-2-10(15-7-11)6-14(19)20/h2-5,7-8H,6H2,1H3,(H,17,18)(H,19,20)/b5-4+. The van der Waals surface area contributed by atoms with E-state index in [0.717, 1.165) is 10.7 Å². The Balaban J connectivity index is 1.93. The van der Waals surface area contributed by atoms with Crippen LogP contribution < -0.4 is 5.32 Å². The number of thiazole rings is 1. The first-order valence-corrected chi connectivity index (χ1v) is 6.99. The molecule has 0 unspecified atom stereocenters. The van der Waals surface area contributed by atoms with E-state index in [4.69, 9.17) is 5.11 Å². The summed E-state index contributed by atoms with van der Waals surface area (Å²) in [6.07, 6.45) is 4.30. The van der Waals surface area contributed by atoms with Crippen LogP contribution in [0.15, 0.2) is 29.8 Å². The van der Waals surface area contributed by atoms with Crippen LogP contribution >= 0.6 is 11.3 Å². The zero-order valence-electron chi connectivity index (χ0n) is 11.2. The van der Waals surface area contributed by atoms with Crippen molar-refractivity contribution in [2.75, 3.05) is 5.32 Å². The summed E-state index contributed by atoms with van der Waals surface area (Å²) in [5, 5.41) is 14.1. The summed E-state index contributed by atoms with van der Waals surface area (Å²) in [5.41, 5.74) is 1.69. The van der Waals surface area contributed by atoms with Crippen molar-refractivity contribution >= 4 is 35.0 Å². The van der Waals surface area contributed by atoms with E-state index < -0.39 is 5.97 Å². The van der Waals surface area contributed by atoms with Crippen LogP contribution in [0, 0.1) is 6.92 Å². The predicted octanol–water partition coefficient (Wildman–Crippen LogP) is 2.13. The van der Waals surface area contributed by atoms with E-state index in [1.165, 1.54) is 23.6 Å². The highest BCUT2D eigenvalue weighted by Crippen LogP contribution is 2.10. The van der Waals surface area contributed by atoms with Crippen molar-refractivity contribution in [3.8, 4) is 0 Å². The molecule has 0 spiro atoms. The van der Waals surface area contributed by atoms with Gasteiger partial charge in [-0.2, -0.15) is 0 Å². The number of hydrogen-bond donors (Lipinski definition) is 2. The molecule has 2 aromatic rings. The van der Waals surface area contributed by atoms with Crippen molar-refractivity contribution in [1.29, 1.82) is 0 Å². The van der Waals surface area contributed by atoms with Gasteiger partial charge in [-0.25, -0.2) is 4.98 Å². The fourth-order valence-electron chi connectivity index (χ4n) is 1.56. The van der Waals surface area contributed by atoms with Crippen LogP contribution in [0.4, 0.5) is 5.69 Å². The van der Waals surface area contributed by atoms with Gasteiger partial charge in [-0.3, -0.25) is 14.6 Å². The molecular weight excluding hydrogens is 290 g/mol. The largest absolute Gasteiger partial charge is 0.481 e. The van der Waals surface area contributed by atoms with E-state index in [-0.39, 0.29) is 12.3 Å². The first-order valence-electron chi connectivity index (χ1n) is 6.11. The number of pyridine rings is 1. The average Bonchev–Trinajstić information content (AvgIpc) is 2.84. The number of amides is 1. The van der Waals surface area contributed by atoms with Gasteiger partial charge in [-0.1, -0.05) is 0 Å². The van der Waals surface area contributed by atoms with Crippen molar-refractivity contribution in [1.82, 2.24) is 9.97 Å². The number of anilines is 1. The SMILES string of the molecule is Cc1nc(/C=C/C(=O)Nc2ccc(CC(=O)O)nc2)cs1. The normalized spacial score (nSPS) is 10.7. The summed E-state index contributed by atoms with van der Waals surface area (Å²) in [6.45, 7) is 1.90. The first-order chi connectivity index (χ1) is 10.0. The summed E-state index contributed by atoms with van der Waals surface area (Å²) < 4.78 is 0. The van der Waals surface area contributed by atoms with Gasteiger partial charge in [0.25, 0.3) is 0 Å². The number of nitrogens with zero attached hydrogens (tertiary/aromatic N) is 2. The van der Waals surface area contributed by atoms with E-state index >= 15 is 0 Å². The van der Waals surface area contributed by atoms with Crippen LogP contribution in [-0.4, -0.2) is 27.0 Å². The van der Waals surface area contributed by atoms with Gasteiger partial charge >= 0.3 is 5.97 Å². The molecule has 1 amide bonds.